The van der Waals surface area contributed by atoms with Gasteiger partial charge in [-0.2, -0.15) is 8.42 Å². The van der Waals surface area contributed by atoms with Crippen molar-refractivity contribution in [3.05, 3.63) is 6.08 Å². The molecule has 0 bridgehead atoms. The summed E-state index contributed by atoms with van der Waals surface area (Å²) in [6, 6.07) is -0.334. The van der Waals surface area contributed by atoms with Crippen LogP contribution in [-0.4, -0.2) is 49.2 Å². The first kappa shape index (κ1) is 12.3. The molecule has 6 heteroatoms. The highest BCUT2D eigenvalue weighted by molar-refractivity contribution is 7.85. The van der Waals surface area contributed by atoms with Crippen LogP contribution < -0.4 is 0 Å². The van der Waals surface area contributed by atoms with Gasteiger partial charge in [-0.25, -0.2) is 4.79 Å². The smallest absolute Gasteiger partial charge is 0.266 e. The van der Waals surface area contributed by atoms with Gasteiger partial charge >= 0.3 is 0 Å². The minimum atomic E-state index is -3.95. The molecule has 0 aliphatic heterocycles. The zero-order valence-corrected chi connectivity index (χ0v) is 8.41. The van der Waals surface area contributed by atoms with Crippen LogP contribution in [0.3, 0.4) is 0 Å². The third-order valence-corrected chi connectivity index (χ3v) is 2.57. The van der Waals surface area contributed by atoms with Gasteiger partial charge in [-0.05, 0) is 14.0 Å². The molecule has 0 aromatic heterocycles. The SMILES string of the molecule is CC(CS(=O)(=O)O)N(C)CC=C=O. The molecule has 76 valence electrons. The van der Waals surface area contributed by atoms with E-state index in [-0.39, 0.29) is 11.8 Å². The molecule has 0 radical (unpaired) electrons. The van der Waals surface area contributed by atoms with Crippen molar-refractivity contribution in [2.75, 3.05) is 19.3 Å². The second kappa shape index (κ2) is 5.14. The van der Waals surface area contributed by atoms with E-state index in [1.807, 2.05) is 0 Å². The molecule has 0 aromatic rings. The monoisotopic (exact) mass is 207 g/mol. The Morgan fingerprint density at radius 1 is 1.62 bits per heavy atom. The van der Waals surface area contributed by atoms with Crippen LogP contribution in [0.1, 0.15) is 6.92 Å². The molecule has 0 rings (SSSR count). The molecule has 0 spiro atoms. The van der Waals surface area contributed by atoms with Crippen molar-refractivity contribution >= 4 is 16.1 Å². The van der Waals surface area contributed by atoms with Gasteiger partial charge in [-0.15, -0.1) is 0 Å². The third kappa shape index (κ3) is 6.48. The standard InChI is InChI=1S/C7H13NO4S/c1-7(6-13(10,11)12)8(2)4-3-5-9/h3,7H,4,6H2,1-2H3,(H,10,11,12). The van der Waals surface area contributed by atoms with Gasteiger partial charge in [0.1, 0.15) is 5.94 Å². The topological polar surface area (TPSA) is 74.7 Å². The Balaban J connectivity index is 4.11. The largest absolute Gasteiger partial charge is 0.298 e. The molecule has 0 saturated carbocycles. The second-order valence-electron chi connectivity index (χ2n) is 2.86. The van der Waals surface area contributed by atoms with Crippen LogP contribution in [0.4, 0.5) is 0 Å². The zero-order valence-electron chi connectivity index (χ0n) is 7.60. The zero-order chi connectivity index (χ0) is 10.5. The van der Waals surface area contributed by atoms with Crippen molar-refractivity contribution in [1.29, 1.82) is 0 Å². The number of carbonyl (C=O) groups excluding carboxylic acids is 1. The van der Waals surface area contributed by atoms with Crippen LogP contribution in [0.2, 0.25) is 0 Å². The lowest BCUT2D eigenvalue weighted by Gasteiger charge is -2.21. The minimum Gasteiger partial charge on any atom is -0.298 e. The van der Waals surface area contributed by atoms with E-state index in [0.717, 1.165) is 0 Å². The highest BCUT2D eigenvalue weighted by Gasteiger charge is 2.15. The molecule has 0 heterocycles. The van der Waals surface area contributed by atoms with Gasteiger partial charge in [-0.1, -0.05) is 0 Å². The molecule has 0 aliphatic rings. The number of hydrogen-bond donors (Lipinski definition) is 1. The van der Waals surface area contributed by atoms with Crippen LogP contribution in [0, 0.1) is 0 Å². The van der Waals surface area contributed by atoms with E-state index < -0.39 is 10.1 Å². The summed E-state index contributed by atoms with van der Waals surface area (Å²) in [5, 5.41) is 0. The van der Waals surface area contributed by atoms with Crippen LogP contribution in [0.15, 0.2) is 6.08 Å². The molecule has 0 aliphatic carbocycles. The van der Waals surface area contributed by atoms with E-state index in [9.17, 15) is 13.2 Å². The summed E-state index contributed by atoms with van der Waals surface area (Å²) < 4.78 is 29.4. The predicted octanol–water partition coefficient (Wildman–Crippen LogP) is -0.418. The van der Waals surface area contributed by atoms with Crippen molar-refractivity contribution in [2.24, 2.45) is 0 Å². The normalized spacial score (nSPS) is 13.8. The molecule has 1 N–H and O–H groups in total. The summed E-state index contributed by atoms with van der Waals surface area (Å²) >= 11 is 0. The van der Waals surface area contributed by atoms with E-state index >= 15 is 0 Å². The number of hydrogen-bond acceptors (Lipinski definition) is 4. The molecular formula is C7H13NO4S. The van der Waals surface area contributed by atoms with Gasteiger partial charge in [-0.3, -0.25) is 9.45 Å². The highest BCUT2D eigenvalue weighted by atomic mass is 32.2. The molecule has 1 atom stereocenters. The summed E-state index contributed by atoms with van der Waals surface area (Å²) in [6.07, 6.45) is 1.25. The lowest BCUT2D eigenvalue weighted by molar-refractivity contribution is 0.300. The van der Waals surface area contributed by atoms with Crippen molar-refractivity contribution in [2.45, 2.75) is 13.0 Å². The summed E-state index contributed by atoms with van der Waals surface area (Å²) in [4.78, 5) is 11.5. The second-order valence-corrected chi connectivity index (χ2v) is 4.36. The summed E-state index contributed by atoms with van der Waals surface area (Å²) in [7, 11) is -2.29. The average molecular weight is 207 g/mol. The summed E-state index contributed by atoms with van der Waals surface area (Å²) in [5.74, 6) is 1.25. The Kier molecular flexibility index (Phi) is 4.87. The quantitative estimate of drug-likeness (QED) is 0.489. The van der Waals surface area contributed by atoms with E-state index in [2.05, 4.69) is 0 Å². The first-order valence-corrected chi connectivity index (χ1v) is 5.32. The first-order chi connectivity index (χ1) is 5.87. The van der Waals surface area contributed by atoms with Crippen molar-refractivity contribution in [3.63, 3.8) is 0 Å². The molecular weight excluding hydrogens is 194 g/mol. The van der Waals surface area contributed by atoms with Gasteiger partial charge < -0.3 is 0 Å². The van der Waals surface area contributed by atoms with E-state index in [1.165, 1.54) is 6.08 Å². The van der Waals surface area contributed by atoms with E-state index in [0.29, 0.717) is 6.54 Å². The van der Waals surface area contributed by atoms with Gasteiger partial charge in [0.05, 0.1) is 5.75 Å². The molecule has 5 nitrogen and oxygen atoms in total. The van der Waals surface area contributed by atoms with Crippen LogP contribution >= 0.6 is 0 Å². The highest BCUT2D eigenvalue weighted by Crippen LogP contribution is 1.98. The lowest BCUT2D eigenvalue weighted by Crippen LogP contribution is -2.35. The third-order valence-electron chi connectivity index (χ3n) is 1.67. The van der Waals surface area contributed by atoms with Gasteiger partial charge in [0.25, 0.3) is 10.1 Å². The molecule has 0 fully saturated rings. The van der Waals surface area contributed by atoms with Crippen LogP contribution in [-0.2, 0) is 14.9 Å². The minimum absolute atomic E-state index is 0.320. The number of likely N-dealkylation sites (N-methyl/N-ethyl adjacent to an activating group) is 1. The van der Waals surface area contributed by atoms with Gasteiger partial charge in [0.2, 0.25) is 0 Å². The molecule has 13 heavy (non-hydrogen) atoms. The molecule has 0 saturated heterocycles. The van der Waals surface area contributed by atoms with Gasteiger partial charge in [0, 0.05) is 18.7 Å². The fraction of sp³-hybridized carbons (Fsp3) is 0.714. The maximum atomic E-state index is 10.5. The molecule has 1 unspecified atom stereocenters. The average Bonchev–Trinajstić information content (AvgIpc) is 1.96. The molecule has 0 amide bonds. The van der Waals surface area contributed by atoms with Crippen LogP contribution in [0.25, 0.3) is 0 Å². The number of rotatable bonds is 5. The summed E-state index contributed by atoms with van der Waals surface area (Å²) in [5.41, 5.74) is 0. The number of nitrogens with zero attached hydrogens (tertiary/aromatic N) is 1. The fourth-order valence-electron chi connectivity index (χ4n) is 0.793. The maximum absolute atomic E-state index is 10.5. The maximum Gasteiger partial charge on any atom is 0.266 e. The van der Waals surface area contributed by atoms with Crippen molar-refractivity contribution < 1.29 is 17.8 Å². The fourth-order valence-corrected chi connectivity index (χ4v) is 1.66. The molecule has 0 aromatic carbocycles. The van der Waals surface area contributed by atoms with Gasteiger partial charge in [0.15, 0.2) is 0 Å². The van der Waals surface area contributed by atoms with E-state index in [4.69, 9.17) is 4.55 Å². The van der Waals surface area contributed by atoms with Crippen LogP contribution in [0.5, 0.6) is 0 Å². The Morgan fingerprint density at radius 2 is 2.15 bits per heavy atom. The lowest BCUT2D eigenvalue weighted by atomic mass is 10.3. The van der Waals surface area contributed by atoms with Crippen molar-refractivity contribution in [3.8, 4) is 0 Å². The summed E-state index contributed by atoms with van der Waals surface area (Å²) in [6.45, 7) is 1.96. The Bertz CT molecular complexity index is 292. The Labute approximate surface area is 77.8 Å². The van der Waals surface area contributed by atoms with E-state index in [1.54, 1.807) is 24.8 Å². The van der Waals surface area contributed by atoms with Crippen molar-refractivity contribution in [1.82, 2.24) is 4.90 Å². The predicted molar refractivity (Wildman–Crippen MR) is 48.8 cm³/mol. The first-order valence-electron chi connectivity index (χ1n) is 3.71. The Hall–Kier alpha value is -0.680. The Morgan fingerprint density at radius 3 is 2.54 bits per heavy atom.